The molecule has 0 amide bonds. The van der Waals surface area contributed by atoms with Crippen molar-refractivity contribution in [3.63, 3.8) is 0 Å². The Bertz CT molecular complexity index is 784. The Morgan fingerprint density at radius 2 is 1.60 bits per heavy atom. The molecule has 2 aromatic carbocycles. The number of carbonyl (C=O) groups excluding carboxylic acids is 2. The maximum absolute atomic E-state index is 12.2. The molecular weight excluding hydrogens is 312 g/mol. The molecule has 0 saturated heterocycles. The van der Waals surface area contributed by atoms with Crippen molar-refractivity contribution in [1.82, 2.24) is 0 Å². The van der Waals surface area contributed by atoms with E-state index in [1.807, 2.05) is 42.5 Å². The first-order valence-electron chi connectivity index (χ1n) is 8.42. The monoisotopic (exact) mass is 334 g/mol. The summed E-state index contributed by atoms with van der Waals surface area (Å²) in [6.07, 6.45) is 6.86. The van der Waals surface area contributed by atoms with Gasteiger partial charge in [0, 0.05) is 12.8 Å². The highest BCUT2D eigenvalue weighted by molar-refractivity contribution is 5.97. The van der Waals surface area contributed by atoms with Gasteiger partial charge in [0.05, 0.1) is 6.61 Å². The highest BCUT2D eigenvalue weighted by atomic mass is 16.5. The standard InChI is InChI=1S/C22H22O3/c1-3-5-10-17-11-6-8-13-20(17)21-14-9-7-12-18(21)15-19(23)16-22(24)25-4-2/h1,6-9,11-14H,4-5,10,15-16H2,2H3. The minimum atomic E-state index is -0.473. The van der Waals surface area contributed by atoms with E-state index in [2.05, 4.69) is 12.0 Å². The van der Waals surface area contributed by atoms with Crippen molar-refractivity contribution in [3.05, 3.63) is 59.7 Å². The zero-order chi connectivity index (χ0) is 18.1. The van der Waals surface area contributed by atoms with Gasteiger partial charge in [0.15, 0.2) is 0 Å². The number of hydrogen-bond donors (Lipinski definition) is 0. The van der Waals surface area contributed by atoms with Crippen LogP contribution >= 0.6 is 0 Å². The number of rotatable bonds is 8. The Kier molecular flexibility index (Phi) is 6.98. The summed E-state index contributed by atoms with van der Waals surface area (Å²) in [5.41, 5.74) is 4.15. The van der Waals surface area contributed by atoms with Gasteiger partial charge in [-0.05, 0) is 35.6 Å². The molecule has 0 radical (unpaired) electrons. The second-order valence-corrected chi connectivity index (χ2v) is 5.72. The van der Waals surface area contributed by atoms with Gasteiger partial charge in [0.25, 0.3) is 0 Å². The lowest BCUT2D eigenvalue weighted by atomic mass is 9.91. The van der Waals surface area contributed by atoms with Crippen LogP contribution in [0.4, 0.5) is 0 Å². The van der Waals surface area contributed by atoms with Gasteiger partial charge >= 0.3 is 5.97 Å². The lowest BCUT2D eigenvalue weighted by Crippen LogP contribution is -2.13. The van der Waals surface area contributed by atoms with Gasteiger partial charge in [-0.25, -0.2) is 0 Å². The van der Waals surface area contributed by atoms with Crippen LogP contribution in [0.5, 0.6) is 0 Å². The number of ether oxygens (including phenoxy) is 1. The van der Waals surface area contributed by atoms with Gasteiger partial charge < -0.3 is 4.74 Å². The summed E-state index contributed by atoms with van der Waals surface area (Å²) < 4.78 is 4.85. The highest BCUT2D eigenvalue weighted by Gasteiger charge is 2.15. The molecule has 3 heteroatoms. The van der Waals surface area contributed by atoms with Crippen LogP contribution in [0.2, 0.25) is 0 Å². The summed E-state index contributed by atoms with van der Waals surface area (Å²) in [5, 5.41) is 0. The Hall–Kier alpha value is -2.86. The van der Waals surface area contributed by atoms with Crippen molar-refractivity contribution in [2.75, 3.05) is 6.61 Å². The fraction of sp³-hybridized carbons (Fsp3) is 0.273. The van der Waals surface area contributed by atoms with Crippen molar-refractivity contribution in [2.45, 2.75) is 32.6 Å². The lowest BCUT2D eigenvalue weighted by Gasteiger charge is -2.13. The lowest BCUT2D eigenvalue weighted by molar-refractivity contribution is -0.145. The molecule has 0 aliphatic carbocycles. The Balaban J connectivity index is 2.26. The molecule has 0 fully saturated rings. The maximum Gasteiger partial charge on any atom is 0.313 e. The van der Waals surface area contributed by atoms with E-state index in [1.54, 1.807) is 6.92 Å². The van der Waals surface area contributed by atoms with E-state index in [9.17, 15) is 9.59 Å². The van der Waals surface area contributed by atoms with Crippen molar-refractivity contribution in [3.8, 4) is 23.5 Å². The molecule has 25 heavy (non-hydrogen) atoms. The first-order chi connectivity index (χ1) is 12.2. The number of aryl methyl sites for hydroxylation is 1. The summed E-state index contributed by atoms with van der Waals surface area (Å²) in [5.74, 6) is 2.05. The van der Waals surface area contributed by atoms with Crippen molar-refractivity contribution < 1.29 is 14.3 Å². The fourth-order valence-corrected chi connectivity index (χ4v) is 2.79. The maximum atomic E-state index is 12.2. The molecule has 0 aliphatic heterocycles. The minimum absolute atomic E-state index is 0.146. The SMILES string of the molecule is C#CCCc1ccccc1-c1ccccc1CC(=O)CC(=O)OCC. The minimum Gasteiger partial charge on any atom is -0.466 e. The zero-order valence-electron chi connectivity index (χ0n) is 14.5. The van der Waals surface area contributed by atoms with Crippen LogP contribution < -0.4 is 0 Å². The van der Waals surface area contributed by atoms with Crippen molar-refractivity contribution >= 4 is 11.8 Å². The third kappa shape index (κ3) is 5.32. The van der Waals surface area contributed by atoms with Gasteiger partial charge in [0.2, 0.25) is 0 Å². The molecule has 3 nitrogen and oxygen atoms in total. The summed E-state index contributed by atoms with van der Waals surface area (Å²) in [4.78, 5) is 23.7. The number of terminal acetylenes is 1. The number of esters is 1. The number of benzene rings is 2. The van der Waals surface area contributed by atoms with Crippen molar-refractivity contribution in [2.24, 2.45) is 0 Å². The third-order valence-electron chi connectivity index (χ3n) is 3.90. The first-order valence-corrected chi connectivity index (χ1v) is 8.42. The summed E-state index contributed by atoms with van der Waals surface area (Å²) >= 11 is 0. The molecular formula is C22H22O3. The van der Waals surface area contributed by atoms with E-state index in [0.717, 1.165) is 28.7 Å². The molecule has 2 aromatic rings. The van der Waals surface area contributed by atoms with E-state index in [1.165, 1.54) is 0 Å². The van der Waals surface area contributed by atoms with Crippen LogP contribution in [0.3, 0.4) is 0 Å². The van der Waals surface area contributed by atoms with Crippen LogP contribution in [-0.4, -0.2) is 18.4 Å². The second kappa shape index (κ2) is 9.44. The Labute approximate surface area is 149 Å². The Morgan fingerprint density at radius 3 is 2.24 bits per heavy atom. The van der Waals surface area contributed by atoms with Gasteiger partial charge in [-0.1, -0.05) is 48.5 Å². The largest absolute Gasteiger partial charge is 0.466 e. The normalized spacial score (nSPS) is 10.1. The molecule has 0 aromatic heterocycles. The van der Waals surface area contributed by atoms with Gasteiger partial charge in [0.1, 0.15) is 12.2 Å². The van der Waals surface area contributed by atoms with E-state index in [0.29, 0.717) is 6.42 Å². The molecule has 0 spiro atoms. The van der Waals surface area contributed by atoms with E-state index < -0.39 is 5.97 Å². The first kappa shape index (κ1) is 18.5. The van der Waals surface area contributed by atoms with E-state index in [4.69, 9.17) is 11.2 Å². The highest BCUT2D eigenvalue weighted by Crippen LogP contribution is 2.28. The number of carbonyl (C=O) groups is 2. The molecule has 0 heterocycles. The summed E-state index contributed by atoms with van der Waals surface area (Å²) in [6, 6.07) is 15.9. The molecule has 0 saturated carbocycles. The predicted molar refractivity (Wildman–Crippen MR) is 99.0 cm³/mol. The number of ketones is 1. The summed E-state index contributed by atoms with van der Waals surface area (Å²) in [6.45, 7) is 2.01. The molecule has 0 N–H and O–H groups in total. The average Bonchev–Trinajstić information content (AvgIpc) is 2.61. The molecule has 0 aliphatic rings. The molecule has 128 valence electrons. The van der Waals surface area contributed by atoms with E-state index in [-0.39, 0.29) is 25.2 Å². The van der Waals surface area contributed by atoms with Gasteiger partial charge in [-0.2, -0.15) is 0 Å². The van der Waals surface area contributed by atoms with Crippen LogP contribution in [0.1, 0.15) is 30.9 Å². The predicted octanol–water partition coefficient (Wildman–Crippen LogP) is 3.98. The molecule has 0 bridgehead atoms. The topological polar surface area (TPSA) is 43.4 Å². The molecule has 0 unspecified atom stereocenters. The van der Waals surface area contributed by atoms with Gasteiger partial charge in [-0.3, -0.25) is 9.59 Å². The fourth-order valence-electron chi connectivity index (χ4n) is 2.79. The molecule has 2 rings (SSSR count). The molecule has 0 atom stereocenters. The third-order valence-corrected chi connectivity index (χ3v) is 3.90. The second-order valence-electron chi connectivity index (χ2n) is 5.72. The van der Waals surface area contributed by atoms with Crippen LogP contribution in [0.25, 0.3) is 11.1 Å². The average molecular weight is 334 g/mol. The van der Waals surface area contributed by atoms with Crippen LogP contribution in [-0.2, 0) is 27.2 Å². The van der Waals surface area contributed by atoms with Crippen molar-refractivity contribution in [1.29, 1.82) is 0 Å². The van der Waals surface area contributed by atoms with E-state index >= 15 is 0 Å². The Morgan fingerprint density at radius 1 is 1.00 bits per heavy atom. The summed E-state index contributed by atoms with van der Waals surface area (Å²) in [7, 11) is 0. The van der Waals surface area contributed by atoms with Crippen LogP contribution in [0, 0.1) is 12.3 Å². The number of Topliss-reactive ketones (excluding diaryl/α,β-unsaturated/α-hetero) is 1. The quantitative estimate of drug-likeness (QED) is 0.416. The van der Waals surface area contributed by atoms with Gasteiger partial charge in [-0.15, -0.1) is 12.3 Å². The van der Waals surface area contributed by atoms with Crippen LogP contribution in [0.15, 0.2) is 48.5 Å². The number of hydrogen-bond acceptors (Lipinski definition) is 3. The smallest absolute Gasteiger partial charge is 0.313 e. The zero-order valence-corrected chi connectivity index (χ0v) is 14.5.